The van der Waals surface area contributed by atoms with Gasteiger partial charge in [0.1, 0.15) is 0 Å². The maximum absolute atomic E-state index is 12.5. The van der Waals surface area contributed by atoms with Crippen molar-refractivity contribution in [3.05, 3.63) is 41.5 Å². The highest BCUT2D eigenvalue weighted by atomic mass is 32.2. The largest absolute Gasteiger partial charge is 0.347 e. The van der Waals surface area contributed by atoms with Crippen LogP contribution in [-0.2, 0) is 0 Å². The van der Waals surface area contributed by atoms with Crippen molar-refractivity contribution < 1.29 is 4.79 Å². The van der Waals surface area contributed by atoms with Crippen molar-refractivity contribution in [1.82, 2.24) is 15.2 Å². The molecule has 4 nitrogen and oxygen atoms in total. The lowest BCUT2D eigenvalue weighted by molar-refractivity contribution is 0.0622. The van der Waals surface area contributed by atoms with Crippen molar-refractivity contribution in [2.45, 2.75) is 28.0 Å². The Hall–Kier alpha value is -1.37. The molecule has 0 aliphatic carbocycles. The Balaban J connectivity index is 1.39. The summed E-state index contributed by atoms with van der Waals surface area (Å²) < 4.78 is 1.13. The summed E-state index contributed by atoms with van der Waals surface area (Å²) in [4.78, 5) is 21.0. The zero-order chi connectivity index (χ0) is 15.6. The Labute approximate surface area is 144 Å². The number of aromatic nitrogens is 1. The van der Waals surface area contributed by atoms with Crippen molar-refractivity contribution in [1.29, 1.82) is 0 Å². The van der Waals surface area contributed by atoms with Gasteiger partial charge < -0.3 is 10.2 Å². The molecule has 120 valence electrons. The van der Waals surface area contributed by atoms with Crippen molar-refractivity contribution in [2.75, 3.05) is 19.6 Å². The molecule has 0 radical (unpaired) electrons. The highest BCUT2D eigenvalue weighted by molar-refractivity contribution is 8.01. The molecule has 0 aromatic carbocycles. The second-order valence-corrected chi connectivity index (χ2v) is 8.58. The number of nitrogens with zero attached hydrogens (tertiary/aromatic N) is 2. The quantitative estimate of drug-likeness (QED) is 0.925. The van der Waals surface area contributed by atoms with E-state index in [1.807, 2.05) is 24.3 Å². The number of pyridine rings is 1. The van der Waals surface area contributed by atoms with Gasteiger partial charge >= 0.3 is 0 Å². The number of nitrogens with one attached hydrogen (secondary N) is 1. The Morgan fingerprint density at radius 2 is 2.00 bits per heavy atom. The number of fused-ring (bicyclic) bond motifs is 3. The standard InChI is InChI=1S/C17H19N3OS2/c21-17(19-14-11-20-9-5-12(14)6-10-20)15-1-2-16(23-15)22-13-3-7-18-8-4-13/h1-4,7-8,12,14H,5-6,9-11H2,(H,19,21). The lowest BCUT2D eigenvalue weighted by Crippen LogP contribution is -2.57. The summed E-state index contributed by atoms with van der Waals surface area (Å²) in [7, 11) is 0. The maximum Gasteiger partial charge on any atom is 0.261 e. The van der Waals surface area contributed by atoms with Crippen LogP contribution in [0.4, 0.5) is 0 Å². The molecule has 5 heterocycles. The van der Waals surface area contributed by atoms with E-state index in [4.69, 9.17) is 0 Å². The summed E-state index contributed by atoms with van der Waals surface area (Å²) in [6, 6.07) is 8.25. The highest BCUT2D eigenvalue weighted by Crippen LogP contribution is 2.33. The minimum atomic E-state index is 0.0790. The van der Waals surface area contributed by atoms with Crippen LogP contribution in [0.2, 0.25) is 0 Å². The summed E-state index contributed by atoms with van der Waals surface area (Å²) in [6.45, 7) is 3.41. The molecule has 0 spiro atoms. The number of carbonyl (C=O) groups excluding carboxylic acids is 1. The van der Waals surface area contributed by atoms with Gasteiger partial charge in [-0.15, -0.1) is 11.3 Å². The molecule has 1 amide bonds. The Bertz CT molecular complexity index is 680. The third-order valence-electron chi connectivity index (χ3n) is 4.65. The predicted molar refractivity (Wildman–Crippen MR) is 93.1 cm³/mol. The first-order chi connectivity index (χ1) is 11.3. The second-order valence-electron chi connectivity index (χ2n) is 6.12. The van der Waals surface area contributed by atoms with Crippen LogP contribution in [0, 0.1) is 5.92 Å². The van der Waals surface area contributed by atoms with Gasteiger partial charge in [-0.1, -0.05) is 11.8 Å². The van der Waals surface area contributed by atoms with Crippen LogP contribution < -0.4 is 5.32 Å². The lowest BCUT2D eigenvalue weighted by Gasteiger charge is -2.44. The normalized spacial score (nSPS) is 26.2. The molecule has 6 heteroatoms. The van der Waals surface area contributed by atoms with Gasteiger partial charge in [-0.2, -0.15) is 0 Å². The fourth-order valence-corrected chi connectivity index (χ4v) is 5.38. The topological polar surface area (TPSA) is 45.2 Å². The third-order valence-corrected chi connectivity index (χ3v) is 6.87. The van der Waals surface area contributed by atoms with Gasteiger partial charge in [0, 0.05) is 29.9 Å². The third kappa shape index (κ3) is 3.44. The molecule has 1 atom stereocenters. The van der Waals surface area contributed by atoms with E-state index >= 15 is 0 Å². The van der Waals surface area contributed by atoms with Gasteiger partial charge in [-0.25, -0.2) is 0 Å². The molecule has 3 saturated heterocycles. The average molecular weight is 345 g/mol. The van der Waals surface area contributed by atoms with Gasteiger partial charge in [0.25, 0.3) is 5.91 Å². The molecule has 0 saturated carbocycles. The first-order valence-electron chi connectivity index (χ1n) is 7.99. The second kappa shape index (κ2) is 6.63. The predicted octanol–water partition coefficient (Wildman–Crippen LogP) is 3.12. The number of piperidine rings is 3. The van der Waals surface area contributed by atoms with E-state index in [1.54, 1.807) is 35.5 Å². The van der Waals surface area contributed by atoms with Crippen LogP contribution in [-0.4, -0.2) is 41.5 Å². The Morgan fingerprint density at radius 1 is 1.22 bits per heavy atom. The van der Waals surface area contributed by atoms with Gasteiger partial charge in [0.2, 0.25) is 0 Å². The molecule has 3 aliphatic heterocycles. The van der Waals surface area contributed by atoms with Crippen LogP contribution >= 0.6 is 23.1 Å². The van der Waals surface area contributed by atoms with Crippen LogP contribution in [0.5, 0.6) is 0 Å². The molecular weight excluding hydrogens is 326 g/mol. The van der Waals surface area contributed by atoms with Crippen LogP contribution in [0.3, 0.4) is 0 Å². The van der Waals surface area contributed by atoms with Crippen molar-refractivity contribution >= 4 is 29.0 Å². The average Bonchev–Trinajstić information content (AvgIpc) is 3.05. The van der Waals surface area contributed by atoms with E-state index in [9.17, 15) is 4.79 Å². The molecule has 3 fully saturated rings. The van der Waals surface area contributed by atoms with E-state index < -0.39 is 0 Å². The Morgan fingerprint density at radius 3 is 2.70 bits per heavy atom. The summed E-state index contributed by atoms with van der Waals surface area (Å²) in [5.41, 5.74) is 0. The van der Waals surface area contributed by atoms with Crippen molar-refractivity contribution in [3.8, 4) is 0 Å². The zero-order valence-corrected chi connectivity index (χ0v) is 14.4. The highest BCUT2D eigenvalue weighted by Gasteiger charge is 2.35. The summed E-state index contributed by atoms with van der Waals surface area (Å²) in [5, 5.41) is 3.25. The number of thiophene rings is 1. The van der Waals surface area contributed by atoms with Crippen molar-refractivity contribution in [3.63, 3.8) is 0 Å². The molecule has 1 N–H and O–H groups in total. The number of hydrogen-bond acceptors (Lipinski definition) is 5. The summed E-state index contributed by atoms with van der Waals surface area (Å²) >= 11 is 3.24. The molecule has 2 bridgehead atoms. The first kappa shape index (κ1) is 15.2. The molecule has 2 aromatic rings. The molecule has 3 aliphatic rings. The summed E-state index contributed by atoms with van der Waals surface area (Å²) in [5.74, 6) is 0.741. The molecular formula is C17H19N3OS2. The lowest BCUT2D eigenvalue weighted by atomic mass is 9.84. The van der Waals surface area contributed by atoms with Crippen molar-refractivity contribution in [2.24, 2.45) is 5.92 Å². The molecule has 23 heavy (non-hydrogen) atoms. The SMILES string of the molecule is O=C(NC1CN2CCC1CC2)c1ccc(Sc2ccncc2)s1. The van der Waals surface area contributed by atoms with E-state index in [0.29, 0.717) is 12.0 Å². The van der Waals surface area contributed by atoms with Gasteiger partial charge in [0.15, 0.2) is 0 Å². The number of amides is 1. The maximum atomic E-state index is 12.5. The molecule has 5 rings (SSSR count). The van der Waals surface area contributed by atoms with Crippen LogP contribution in [0.25, 0.3) is 0 Å². The fourth-order valence-electron chi connectivity index (χ4n) is 3.39. The minimum Gasteiger partial charge on any atom is -0.347 e. The number of carbonyl (C=O) groups is 1. The smallest absolute Gasteiger partial charge is 0.261 e. The van der Waals surface area contributed by atoms with Gasteiger partial charge in [-0.3, -0.25) is 9.78 Å². The first-order valence-corrected chi connectivity index (χ1v) is 9.62. The van der Waals surface area contributed by atoms with E-state index in [0.717, 1.165) is 20.5 Å². The minimum absolute atomic E-state index is 0.0790. The Kier molecular flexibility index (Phi) is 4.37. The molecule has 2 aromatic heterocycles. The number of hydrogen-bond donors (Lipinski definition) is 1. The van der Waals surface area contributed by atoms with E-state index in [-0.39, 0.29) is 5.91 Å². The van der Waals surface area contributed by atoms with Crippen LogP contribution in [0.15, 0.2) is 45.8 Å². The molecule has 1 unspecified atom stereocenters. The van der Waals surface area contributed by atoms with Gasteiger partial charge in [-0.05, 0) is 56.1 Å². The zero-order valence-electron chi connectivity index (χ0n) is 12.8. The van der Waals surface area contributed by atoms with E-state index in [2.05, 4.69) is 15.2 Å². The monoisotopic (exact) mass is 345 g/mol. The van der Waals surface area contributed by atoms with Gasteiger partial charge in [0.05, 0.1) is 9.09 Å². The van der Waals surface area contributed by atoms with E-state index in [1.165, 1.54) is 25.9 Å². The summed E-state index contributed by atoms with van der Waals surface area (Å²) in [6.07, 6.45) is 6.02. The number of rotatable bonds is 4. The van der Waals surface area contributed by atoms with Crippen LogP contribution in [0.1, 0.15) is 22.5 Å². The fraction of sp³-hybridized carbons (Fsp3) is 0.412.